The average Bonchev–Trinajstić information content (AvgIpc) is 2.36. The van der Waals surface area contributed by atoms with Gasteiger partial charge in [0.05, 0.1) is 22.0 Å². The Morgan fingerprint density at radius 1 is 1.35 bits per heavy atom. The van der Waals surface area contributed by atoms with Crippen LogP contribution in [0, 0.1) is 17.2 Å². The molecule has 0 saturated carbocycles. The van der Waals surface area contributed by atoms with Crippen LogP contribution < -0.4 is 5.32 Å². The molecule has 2 atom stereocenters. The molecule has 1 fully saturated rings. The lowest BCUT2D eigenvalue weighted by atomic mass is 9.82. The van der Waals surface area contributed by atoms with Crippen LogP contribution in [0.15, 0.2) is 18.2 Å². The maximum Gasteiger partial charge on any atom is 0.0753 e. The fourth-order valence-electron chi connectivity index (χ4n) is 2.32. The van der Waals surface area contributed by atoms with Crippen molar-refractivity contribution >= 4 is 23.2 Å². The first kappa shape index (κ1) is 12.7. The van der Waals surface area contributed by atoms with Crippen molar-refractivity contribution in [2.75, 3.05) is 13.1 Å². The van der Waals surface area contributed by atoms with Crippen LogP contribution in [0.3, 0.4) is 0 Å². The molecule has 0 amide bonds. The van der Waals surface area contributed by atoms with E-state index in [0.717, 1.165) is 31.5 Å². The molecule has 1 N–H and O–H groups in total. The Hall–Kier alpha value is -0.750. The molecule has 0 bridgehead atoms. The third kappa shape index (κ3) is 2.93. The van der Waals surface area contributed by atoms with Gasteiger partial charge in [0, 0.05) is 0 Å². The highest BCUT2D eigenvalue weighted by Gasteiger charge is 2.25. The predicted molar refractivity (Wildman–Crippen MR) is 70.4 cm³/mol. The highest BCUT2D eigenvalue weighted by Crippen LogP contribution is 2.32. The molecule has 0 aliphatic carbocycles. The second kappa shape index (κ2) is 5.73. The summed E-state index contributed by atoms with van der Waals surface area (Å²) in [4.78, 5) is 0. The summed E-state index contributed by atoms with van der Waals surface area (Å²) < 4.78 is 0. The summed E-state index contributed by atoms with van der Waals surface area (Å²) in [6.45, 7) is 1.95. The van der Waals surface area contributed by atoms with Crippen molar-refractivity contribution in [3.8, 4) is 6.07 Å². The van der Waals surface area contributed by atoms with Crippen molar-refractivity contribution in [1.29, 1.82) is 5.26 Å². The Balaban J connectivity index is 2.22. The van der Waals surface area contributed by atoms with E-state index in [1.807, 2.05) is 12.1 Å². The topological polar surface area (TPSA) is 35.8 Å². The van der Waals surface area contributed by atoms with Gasteiger partial charge in [0.2, 0.25) is 0 Å². The number of halogens is 2. The summed E-state index contributed by atoms with van der Waals surface area (Å²) in [5, 5.41) is 13.7. The number of benzene rings is 1. The molecule has 1 aliphatic rings. The highest BCUT2D eigenvalue weighted by molar-refractivity contribution is 6.42. The molecule has 2 unspecified atom stereocenters. The molecule has 1 saturated heterocycles. The van der Waals surface area contributed by atoms with Crippen LogP contribution in [0.2, 0.25) is 10.0 Å². The number of hydrogen-bond donors (Lipinski definition) is 1. The molecule has 2 nitrogen and oxygen atoms in total. The van der Waals surface area contributed by atoms with Crippen LogP contribution in [0.25, 0.3) is 0 Å². The summed E-state index contributed by atoms with van der Waals surface area (Å²) in [7, 11) is 0. The zero-order chi connectivity index (χ0) is 12.3. The molecule has 4 heteroatoms. The van der Waals surface area contributed by atoms with Crippen LogP contribution in [0.4, 0.5) is 0 Å². The SMILES string of the molecule is N#CC(c1ccc(Cl)c(Cl)c1)C1CCCNC1. The minimum atomic E-state index is -0.0995. The zero-order valence-corrected chi connectivity index (χ0v) is 10.9. The third-order valence-corrected chi connectivity index (χ3v) is 3.99. The first-order valence-electron chi connectivity index (χ1n) is 5.77. The van der Waals surface area contributed by atoms with Crippen LogP contribution in [-0.4, -0.2) is 13.1 Å². The number of piperidine rings is 1. The summed E-state index contributed by atoms with van der Waals surface area (Å²) in [5.74, 6) is 0.267. The molecule has 90 valence electrons. The molecule has 0 aromatic heterocycles. The van der Waals surface area contributed by atoms with Crippen LogP contribution in [0.1, 0.15) is 24.3 Å². The van der Waals surface area contributed by atoms with E-state index in [0.29, 0.717) is 16.0 Å². The average molecular weight is 269 g/mol. The van der Waals surface area contributed by atoms with E-state index in [2.05, 4.69) is 11.4 Å². The van der Waals surface area contributed by atoms with Gasteiger partial charge in [-0.3, -0.25) is 0 Å². The Morgan fingerprint density at radius 2 is 2.18 bits per heavy atom. The zero-order valence-electron chi connectivity index (χ0n) is 9.42. The van der Waals surface area contributed by atoms with Crippen LogP contribution in [-0.2, 0) is 0 Å². The molecular weight excluding hydrogens is 255 g/mol. The van der Waals surface area contributed by atoms with Crippen LogP contribution in [0.5, 0.6) is 0 Å². The van der Waals surface area contributed by atoms with Crippen molar-refractivity contribution in [3.05, 3.63) is 33.8 Å². The molecule has 2 rings (SSSR count). The minimum absolute atomic E-state index is 0.0995. The van der Waals surface area contributed by atoms with Gasteiger partial charge < -0.3 is 5.32 Å². The van der Waals surface area contributed by atoms with Gasteiger partial charge in [0.1, 0.15) is 0 Å². The molecule has 1 aromatic carbocycles. The first-order valence-corrected chi connectivity index (χ1v) is 6.53. The maximum absolute atomic E-state index is 9.34. The second-order valence-electron chi connectivity index (χ2n) is 4.39. The Kier molecular flexibility index (Phi) is 4.28. The van der Waals surface area contributed by atoms with E-state index in [1.165, 1.54) is 0 Å². The Labute approximate surface area is 112 Å². The molecular formula is C13H14Cl2N2. The highest BCUT2D eigenvalue weighted by atomic mass is 35.5. The second-order valence-corrected chi connectivity index (χ2v) is 5.20. The van der Waals surface area contributed by atoms with Crippen molar-refractivity contribution in [3.63, 3.8) is 0 Å². The van der Waals surface area contributed by atoms with Crippen molar-refractivity contribution < 1.29 is 0 Å². The molecule has 1 aromatic rings. The van der Waals surface area contributed by atoms with E-state index >= 15 is 0 Å². The predicted octanol–water partition coefficient (Wildman–Crippen LogP) is 3.60. The molecule has 1 heterocycles. The van der Waals surface area contributed by atoms with Gasteiger partial charge in [-0.15, -0.1) is 0 Å². The molecule has 1 aliphatic heterocycles. The normalized spacial score (nSPS) is 21.8. The van der Waals surface area contributed by atoms with Gasteiger partial charge >= 0.3 is 0 Å². The number of nitriles is 1. The quantitative estimate of drug-likeness (QED) is 0.890. The van der Waals surface area contributed by atoms with Gasteiger partial charge in [0.25, 0.3) is 0 Å². The van der Waals surface area contributed by atoms with E-state index in [-0.39, 0.29) is 5.92 Å². The van der Waals surface area contributed by atoms with Gasteiger partial charge in [-0.05, 0) is 49.5 Å². The van der Waals surface area contributed by atoms with Gasteiger partial charge in [0.15, 0.2) is 0 Å². The van der Waals surface area contributed by atoms with Gasteiger partial charge in [-0.2, -0.15) is 5.26 Å². The van der Waals surface area contributed by atoms with Gasteiger partial charge in [-0.25, -0.2) is 0 Å². The van der Waals surface area contributed by atoms with Crippen molar-refractivity contribution in [2.24, 2.45) is 5.92 Å². The van der Waals surface area contributed by atoms with E-state index < -0.39 is 0 Å². The number of hydrogen-bond acceptors (Lipinski definition) is 2. The maximum atomic E-state index is 9.34. The fraction of sp³-hybridized carbons (Fsp3) is 0.462. The number of nitrogens with one attached hydrogen (secondary N) is 1. The standard InChI is InChI=1S/C13H14Cl2N2/c14-12-4-3-9(6-13(12)15)11(7-16)10-2-1-5-17-8-10/h3-4,6,10-11,17H,1-2,5,8H2. The summed E-state index contributed by atoms with van der Waals surface area (Å²) in [6, 6.07) is 7.87. The smallest absolute Gasteiger partial charge is 0.0753 e. The first-order chi connectivity index (χ1) is 8.22. The summed E-state index contributed by atoms with van der Waals surface area (Å²) >= 11 is 11.9. The molecule has 0 radical (unpaired) electrons. The number of nitrogens with zero attached hydrogens (tertiary/aromatic N) is 1. The fourth-order valence-corrected chi connectivity index (χ4v) is 2.63. The van der Waals surface area contributed by atoms with E-state index in [9.17, 15) is 5.26 Å². The lowest BCUT2D eigenvalue weighted by molar-refractivity contribution is 0.354. The van der Waals surface area contributed by atoms with Crippen molar-refractivity contribution in [2.45, 2.75) is 18.8 Å². The summed E-state index contributed by atoms with van der Waals surface area (Å²) in [6.07, 6.45) is 2.22. The Bertz CT molecular complexity index is 434. The third-order valence-electron chi connectivity index (χ3n) is 3.25. The van der Waals surface area contributed by atoms with E-state index in [1.54, 1.807) is 6.07 Å². The largest absolute Gasteiger partial charge is 0.316 e. The monoisotopic (exact) mass is 268 g/mol. The molecule has 0 spiro atoms. The molecule has 17 heavy (non-hydrogen) atoms. The van der Waals surface area contributed by atoms with Crippen LogP contribution >= 0.6 is 23.2 Å². The number of rotatable bonds is 2. The lowest BCUT2D eigenvalue weighted by Crippen LogP contribution is -2.32. The minimum Gasteiger partial charge on any atom is -0.316 e. The Morgan fingerprint density at radius 3 is 2.76 bits per heavy atom. The lowest BCUT2D eigenvalue weighted by Gasteiger charge is -2.27. The van der Waals surface area contributed by atoms with E-state index in [4.69, 9.17) is 23.2 Å². The van der Waals surface area contributed by atoms with Crippen molar-refractivity contribution in [1.82, 2.24) is 5.32 Å². The van der Waals surface area contributed by atoms with Gasteiger partial charge in [-0.1, -0.05) is 29.3 Å². The summed E-state index contributed by atoms with van der Waals surface area (Å²) in [5.41, 5.74) is 0.968.